The second-order valence-corrected chi connectivity index (χ2v) is 5.95. The van der Waals surface area contributed by atoms with E-state index in [1.54, 1.807) is 0 Å². The summed E-state index contributed by atoms with van der Waals surface area (Å²) in [7, 11) is 0. The fraction of sp³-hybridized carbons (Fsp3) is 0.538. The van der Waals surface area contributed by atoms with E-state index in [1.165, 1.54) is 0 Å². The number of para-hydroxylation sites is 1. The average Bonchev–Trinajstić information content (AvgIpc) is 2.18. The molecule has 0 bridgehead atoms. The van der Waals surface area contributed by atoms with Crippen LogP contribution in [0.5, 0.6) is 5.75 Å². The first-order chi connectivity index (χ1) is 7.44. The largest absolute Gasteiger partial charge is 0.492 e. The predicted octanol–water partition coefficient (Wildman–Crippen LogP) is 3.72. The zero-order chi connectivity index (χ0) is 12.2. The molecule has 1 rings (SSSR count). The van der Waals surface area contributed by atoms with Crippen LogP contribution in [-0.4, -0.2) is 6.61 Å². The van der Waals surface area contributed by atoms with E-state index in [0.717, 1.165) is 28.8 Å². The maximum absolute atomic E-state index is 5.81. The Balaban J connectivity index is 2.66. The molecular formula is C13H20BrNO. The topological polar surface area (TPSA) is 35.2 Å². The molecule has 0 saturated carbocycles. The molecule has 0 saturated heterocycles. The van der Waals surface area contributed by atoms with Crippen LogP contribution < -0.4 is 10.5 Å². The van der Waals surface area contributed by atoms with Crippen molar-refractivity contribution in [1.29, 1.82) is 0 Å². The number of hydrogen-bond acceptors (Lipinski definition) is 2. The minimum absolute atomic E-state index is 0.296. The van der Waals surface area contributed by atoms with Crippen LogP contribution in [-0.2, 0) is 6.54 Å². The van der Waals surface area contributed by atoms with E-state index in [2.05, 4.69) is 36.7 Å². The molecule has 3 heteroatoms. The highest BCUT2D eigenvalue weighted by Gasteiger charge is 2.12. The van der Waals surface area contributed by atoms with Crippen molar-refractivity contribution in [2.45, 2.75) is 33.7 Å². The fourth-order valence-electron chi connectivity index (χ4n) is 1.34. The number of benzene rings is 1. The molecule has 2 N–H and O–H groups in total. The van der Waals surface area contributed by atoms with E-state index in [4.69, 9.17) is 10.5 Å². The summed E-state index contributed by atoms with van der Waals surface area (Å²) in [5.74, 6) is 0.884. The highest BCUT2D eigenvalue weighted by atomic mass is 79.9. The van der Waals surface area contributed by atoms with E-state index in [1.807, 2.05) is 18.2 Å². The summed E-state index contributed by atoms with van der Waals surface area (Å²) in [4.78, 5) is 0. The Morgan fingerprint density at radius 3 is 2.56 bits per heavy atom. The van der Waals surface area contributed by atoms with Crippen LogP contribution >= 0.6 is 15.9 Å². The summed E-state index contributed by atoms with van der Waals surface area (Å²) in [6.07, 6.45) is 1.03. The van der Waals surface area contributed by atoms with Gasteiger partial charge in [-0.25, -0.2) is 0 Å². The number of rotatable bonds is 4. The smallest absolute Gasteiger partial charge is 0.137 e. The van der Waals surface area contributed by atoms with Crippen LogP contribution in [0.1, 0.15) is 32.8 Å². The van der Waals surface area contributed by atoms with Crippen LogP contribution in [0, 0.1) is 5.41 Å². The maximum atomic E-state index is 5.81. The lowest BCUT2D eigenvalue weighted by Gasteiger charge is -2.19. The third-order valence-electron chi connectivity index (χ3n) is 2.37. The van der Waals surface area contributed by atoms with Crippen LogP contribution in [0.25, 0.3) is 0 Å². The van der Waals surface area contributed by atoms with Crippen molar-refractivity contribution < 1.29 is 4.74 Å². The molecule has 0 aliphatic rings. The Morgan fingerprint density at radius 2 is 2.00 bits per heavy atom. The Bertz CT molecular complexity index is 344. The molecule has 0 fully saturated rings. The van der Waals surface area contributed by atoms with Crippen molar-refractivity contribution in [1.82, 2.24) is 0 Å². The fourth-order valence-corrected chi connectivity index (χ4v) is 1.86. The van der Waals surface area contributed by atoms with Gasteiger partial charge in [-0.3, -0.25) is 0 Å². The second-order valence-electron chi connectivity index (χ2n) is 5.09. The molecular weight excluding hydrogens is 266 g/mol. The lowest BCUT2D eigenvalue weighted by Crippen LogP contribution is -2.12. The highest BCUT2D eigenvalue weighted by Crippen LogP contribution is 2.29. The number of hydrogen-bond donors (Lipinski definition) is 1. The van der Waals surface area contributed by atoms with Gasteiger partial charge in [0.2, 0.25) is 0 Å². The predicted molar refractivity (Wildman–Crippen MR) is 71.6 cm³/mol. The highest BCUT2D eigenvalue weighted by molar-refractivity contribution is 9.10. The van der Waals surface area contributed by atoms with Gasteiger partial charge in [0.1, 0.15) is 5.75 Å². The van der Waals surface area contributed by atoms with E-state index < -0.39 is 0 Å². The molecule has 0 amide bonds. The van der Waals surface area contributed by atoms with Crippen molar-refractivity contribution in [3.63, 3.8) is 0 Å². The molecule has 0 aliphatic heterocycles. The zero-order valence-electron chi connectivity index (χ0n) is 10.2. The number of halogens is 1. The van der Waals surface area contributed by atoms with Gasteiger partial charge in [0.15, 0.2) is 0 Å². The second kappa shape index (κ2) is 5.69. The van der Waals surface area contributed by atoms with Gasteiger partial charge < -0.3 is 10.5 Å². The van der Waals surface area contributed by atoms with Gasteiger partial charge in [0.05, 0.1) is 11.1 Å². The van der Waals surface area contributed by atoms with Gasteiger partial charge in [-0.1, -0.05) is 32.9 Å². The standard InChI is InChI=1S/C13H20BrNO/c1-13(2,3)7-8-16-12-10(9-15)5-4-6-11(12)14/h4-6H,7-9,15H2,1-3H3. The van der Waals surface area contributed by atoms with Crippen molar-refractivity contribution in [3.8, 4) is 5.75 Å². The van der Waals surface area contributed by atoms with Gasteiger partial charge in [-0.05, 0) is 33.8 Å². The van der Waals surface area contributed by atoms with Crippen molar-refractivity contribution >= 4 is 15.9 Å². The molecule has 0 aromatic heterocycles. The molecule has 0 spiro atoms. The molecule has 0 radical (unpaired) electrons. The first-order valence-corrected chi connectivity index (χ1v) is 6.33. The molecule has 90 valence electrons. The summed E-state index contributed by atoms with van der Waals surface area (Å²) >= 11 is 3.49. The summed E-state index contributed by atoms with van der Waals surface area (Å²) < 4.78 is 6.78. The van der Waals surface area contributed by atoms with Gasteiger partial charge in [0, 0.05) is 12.1 Å². The first kappa shape index (κ1) is 13.5. The number of nitrogens with two attached hydrogens (primary N) is 1. The molecule has 16 heavy (non-hydrogen) atoms. The van der Waals surface area contributed by atoms with E-state index >= 15 is 0 Å². The Morgan fingerprint density at radius 1 is 1.31 bits per heavy atom. The van der Waals surface area contributed by atoms with Crippen molar-refractivity contribution in [2.24, 2.45) is 11.1 Å². The van der Waals surface area contributed by atoms with Crippen LogP contribution in [0.3, 0.4) is 0 Å². The SMILES string of the molecule is CC(C)(C)CCOc1c(Br)cccc1CN. The molecule has 0 aliphatic carbocycles. The minimum atomic E-state index is 0.296. The average molecular weight is 286 g/mol. The molecule has 1 aromatic carbocycles. The molecule has 1 aromatic rings. The van der Waals surface area contributed by atoms with Crippen LogP contribution in [0.15, 0.2) is 22.7 Å². The maximum Gasteiger partial charge on any atom is 0.137 e. The summed E-state index contributed by atoms with van der Waals surface area (Å²) in [5, 5.41) is 0. The third kappa shape index (κ3) is 4.14. The summed E-state index contributed by atoms with van der Waals surface area (Å²) in [5.41, 5.74) is 7.02. The molecule has 0 unspecified atom stereocenters. The van der Waals surface area contributed by atoms with E-state index in [0.29, 0.717) is 12.0 Å². The quantitative estimate of drug-likeness (QED) is 0.915. The van der Waals surface area contributed by atoms with Crippen molar-refractivity contribution in [3.05, 3.63) is 28.2 Å². The van der Waals surface area contributed by atoms with E-state index in [9.17, 15) is 0 Å². The van der Waals surface area contributed by atoms with Crippen LogP contribution in [0.2, 0.25) is 0 Å². The zero-order valence-corrected chi connectivity index (χ0v) is 11.8. The summed E-state index contributed by atoms with van der Waals surface area (Å²) in [6.45, 7) is 7.85. The van der Waals surface area contributed by atoms with Crippen molar-refractivity contribution in [2.75, 3.05) is 6.61 Å². The van der Waals surface area contributed by atoms with Gasteiger partial charge in [0.25, 0.3) is 0 Å². The molecule has 0 atom stereocenters. The normalized spacial score (nSPS) is 11.6. The first-order valence-electron chi connectivity index (χ1n) is 5.54. The molecule has 2 nitrogen and oxygen atoms in total. The monoisotopic (exact) mass is 285 g/mol. The lowest BCUT2D eigenvalue weighted by molar-refractivity contribution is 0.240. The van der Waals surface area contributed by atoms with Gasteiger partial charge in [-0.2, -0.15) is 0 Å². The van der Waals surface area contributed by atoms with Gasteiger partial charge in [-0.15, -0.1) is 0 Å². The lowest BCUT2D eigenvalue weighted by atomic mass is 9.93. The van der Waals surface area contributed by atoms with Gasteiger partial charge >= 0.3 is 0 Å². The Labute approximate surface area is 106 Å². The Kier molecular flexibility index (Phi) is 4.81. The van der Waals surface area contributed by atoms with Crippen LogP contribution in [0.4, 0.5) is 0 Å². The number of ether oxygens (including phenoxy) is 1. The molecule has 0 heterocycles. The Hall–Kier alpha value is -0.540. The third-order valence-corrected chi connectivity index (χ3v) is 2.99. The van der Waals surface area contributed by atoms with E-state index in [-0.39, 0.29) is 0 Å². The summed E-state index contributed by atoms with van der Waals surface area (Å²) in [6, 6.07) is 5.95. The minimum Gasteiger partial charge on any atom is -0.492 e.